The number of amides is 2. The molecule has 0 saturated carbocycles. The molecule has 0 radical (unpaired) electrons. The number of ether oxygens (including phenoxy) is 1. The maximum absolute atomic E-state index is 12.5. The molecule has 0 aliphatic heterocycles. The zero-order valence-corrected chi connectivity index (χ0v) is 15.7. The van der Waals surface area contributed by atoms with Gasteiger partial charge in [-0.25, -0.2) is 4.79 Å². The van der Waals surface area contributed by atoms with Gasteiger partial charge in [0.15, 0.2) is 0 Å². The zero-order valence-electron chi connectivity index (χ0n) is 14.9. The largest absolute Gasteiger partial charge is 0.496 e. The number of aryl methyl sites for hydroxylation is 1. The summed E-state index contributed by atoms with van der Waals surface area (Å²) in [5.74, 6) is 0.765. The summed E-state index contributed by atoms with van der Waals surface area (Å²) in [4.78, 5) is 13.6. The van der Waals surface area contributed by atoms with E-state index in [0.717, 1.165) is 21.8 Å². The molecule has 0 spiro atoms. The first-order valence-electron chi connectivity index (χ1n) is 8.43. The number of benzene rings is 2. The Kier molecular flexibility index (Phi) is 5.92. The van der Waals surface area contributed by atoms with Gasteiger partial charge in [0.1, 0.15) is 5.75 Å². The molecular formula is C21H22N2O2S. The average Bonchev–Trinajstić information content (AvgIpc) is 3.20. The SMILES string of the molecule is COc1ccccc1CNC(=O)NC(c1ccc(C)cc1)c1cccs1. The van der Waals surface area contributed by atoms with Gasteiger partial charge in [-0.15, -0.1) is 11.3 Å². The van der Waals surface area contributed by atoms with Crippen LogP contribution in [0.15, 0.2) is 66.0 Å². The molecule has 3 rings (SSSR count). The third kappa shape index (κ3) is 4.43. The third-order valence-electron chi connectivity index (χ3n) is 4.15. The molecular weight excluding hydrogens is 344 g/mol. The van der Waals surface area contributed by atoms with Crippen molar-refractivity contribution in [1.29, 1.82) is 0 Å². The summed E-state index contributed by atoms with van der Waals surface area (Å²) in [5, 5.41) is 8.02. The Hall–Kier alpha value is -2.79. The van der Waals surface area contributed by atoms with Gasteiger partial charge in [-0.1, -0.05) is 54.1 Å². The number of para-hydroxylation sites is 1. The van der Waals surface area contributed by atoms with Crippen LogP contribution in [0, 0.1) is 6.92 Å². The van der Waals surface area contributed by atoms with Crippen LogP contribution in [0.25, 0.3) is 0 Å². The minimum absolute atomic E-state index is 0.173. The number of urea groups is 1. The fraction of sp³-hybridized carbons (Fsp3) is 0.190. The standard InChI is InChI=1S/C21H22N2O2S/c1-15-9-11-16(12-10-15)20(19-8-5-13-26-19)23-21(24)22-14-17-6-3-4-7-18(17)25-2/h3-13,20H,14H2,1-2H3,(H2,22,23,24). The van der Waals surface area contributed by atoms with E-state index in [1.807, 2.05) is 41.8 Å². The van der Waals surface area contributed by atoms with Crippen LogP contribution in [0.2, 0.25) is 0 Å². The molecule has 2 N–H and O–H groups in total. The minimum atomic E-state index is -0.213. The molecule has 3 aromatic rings. The van der Waals surface area contributed by atoms with Gasteiger partial charge >= 0.3 is 6.03 Å². The van der Waals surface area contributed by atoms with Crippen LogP contribution in [0.4, 0.5) is 4.79 Å². The van der Waals surface area contributed by atoms with Gasteiger partial charge in [0.25, 0.3) is 0 Å². The van der Waals surface area contributed by atoms with E-state index < -0.39 is 0 Å². The smallest absolute Gasteiger partial charge is 0.315 e. The van der Waals surface area contributed by atoms with Gasteiger partial charge in [-0.3, -0.25) is 0 Å². The van der Waals surface area contributed by atoms with Crippen molar-refractivity contribution in [3.05, 3.63) is 87.6 Å². The first-order chi connectivity index (χ1) is 12.7. The van der Waals surface area contributed by atoms with E-state index in [9.17, 15) is 4.79 Å². The van der Waals surface area contributed by atoms with Crippen molar-refractivity contribution in [1.82, 2.24) is 10.6 Å². The van der Waals surface area contributed by atoms with Crippen molar-refractivity contribution in [3.63, 3.8) is 0 Å². The molecule has 26 heavy (non-hydrogen) atoms. The Morgan fingerprint density at radius 3 is 2.54 bits per heavy atom. The lowest BCUT2D eigenvalue weighted by atomic mass is 10.0. The molecule has 0 fully saturated rings. The Bertz CT molecular complexity index is 845. The highest BCUT2D eigenvalue weighted by Gasteiger charge is 2.18. The lowest BCUT2D eigenvalue weighted by Gasteiger charge is -2.19. The highest BCUT2D eigenvalue weighted by atomic mass is 32.1. The van der Waals surface area contributed by atoms with Crippen LogP contribution in [0.3, 0.4) is 0 Å². The van der Waals surface area contributed by atoms with Crippen molar-refractivity contribution >= 4 is 17.4 Å². The molecule has 0 bridgehead atoms. The number of methoxy groups -OCH3 is 1. The van der Waals surface area contributed by atoms with Crippen LogP contribution >= 0.6 is 11.3 Å². The maximum Gasteiger partial charge on any atom is 0.315 e. The highest BCUT2D eigenvalue weighted by molar-refractivity contribution is 7.10. The van der Waals surface area contributed by atoms with E-state index in [4.69, 9.17) is 4.74 Å². The van der Waals surface area contributed by atoms with E-state index in [1.165, 1.54) is 5.56 Å². The first-order valence-corrected chi connectivity index (χ1v) is 9.31. The highest BCUT2D eigenvalue weighted by Crippen LogP contribution is 2.26. The number of carbonyl (C=O) groups excluding carboxylic acids is 1. The molecule has 0 aliphatic carbocycles. The molecule has 134 valence electrons. The predicted molar refractivity (Wildman–Crippen MR) is 106 cm³/mol. The molecule has 0 aliphatic rings. The topological polar surface area (TPSA) is 50.4 Å². The van der Waals surface area contributed by atoms with Gasteiger partial charge in [0.05, 0.1) is 13.2 Å². The van der Waals surface area contributed by atoms with E-state index in [2.05, 4.69) is 41.8 Å². The van der Waals surface area contributed by atoms with Crippen molar-refractivity contribution in [2.75, 3.05) is 7.11 Å². The molecule has 1 unspecified atom stereocenters. The first kappa shape index (κ1) is 18.0. The van der Waals surface area contributed by atoms with Gasteiger partial charge in [-0.05, 0) is 30.0 Å². The minimum Gasteiger partial charge on any atom is -0.496 e. The summed E-state index contributed by atoms with van der Waals surface area (Å²) in [6.45, 7) is 2.46. The van der Waals surface area contributed by atoms with E-state index in [-0.39, 0.29) is 12.1 Å². The number of nitrogens with one attached hydrogen (secondary N) is 2. The van der Waals surface area contributed by atoms with Crippen molar-refractivity contribution in [3.8, 4) is 5.75 Å². The Morgan fingerprint density at radius 1 is 1.08 bits per heavy atom. The van der Waals surface area contributed by atoms with Gasteiger partial charge in [-0.2, -0.15) is 0 Å². The Labute approximate surface area is 157 Å². The molecule has 1 heterocycles. The normalized spacial score (nSPS) is 11.6. The second-order valence-corrected chi connectivity index (χ2v) is 6.98. The number of rotatable bonds is 6. The monoisotopic (exact) mass is 366 g/mol. The maximum atomic E-state index is 12.5. The molecule has 2 amide bonds. The molecule has 5 heteroatoms. The van der Waals surface area contributed by atoms with Gasteiger partial charge < -0.3 is 15.4 Å². The van der Waals surface area contributed by atoms with Gasteiger partial charge in [0, 0.05) is 17.0 Å². The van der Waals surface area contributed by atoms with Crippen LogP contribution in [0.1, 0.15) is 27.6 Å². The molecule has 2 aromatic carbocycles. The van der Waals surface area contributed by atoms with Crippen molar-refractivity contribution < 1.29 is 9.53 Å². The van der Waals surface area contributed by atoms with Crippen LogP contribution < -0.4 is 15.4 Å². The quantitative estimate of drug-likeness (QED) is 0.667. The van der Waals surface area contributed by atoms with Gasteiger partial charge in [0.2, 0.25) is 0 Å². The van der Waals surface area contributed by atoms with E-state index in [1.54, 1.807) is 18.4 Å². The Morgan fingerprint density at radius 2 is 1.85 bits per heavy atom. The number of thiophene rings is 1. The molecule has 0 saturated heterocycles. The summed E-state index contributed by atoms with van der Waals surface area (Å²) in [6.07, 6.45) is 0. The third-order valence-corrected chi connectivity index (χ3v) is 5.08. The fourth-order valence-corrected chi connectivity index (χ4v) is 3.54. The number of hydrogen-bond donors (Lipinski definition) is 2. The summed E-state index contributed by atoms with van der Waals surface area (Å²) in [5.41, 5.74) is 3.19. The summed E-state index contributed by atoms with van der Waals surface area (Å²) >= 11 is 1.63. The van der Waals surface area contributed by atoms with Crippen LogP contribution in [0.5, 0.6) is 5.75 Å². The zero-order chi connectivity index (χ0) is 18.4. The number of hydrogen-bond acceptors (Lipinski definition) is 3. The lowest BCUT2D eigenvalue weighted by molar-refractivity contribution is 0.238. The average molecular weight is 366 g/mol. The van der Waals surface area contributed by atoms with Crippen LogP contribution in [-0.4, -0.2) is 13.1 Å². The van der Waals surface area contributed by atoms with Crippen LogP contribution in [-0.2, 0) is 6.54 Å². The second-order valence-electron chi connectivity index (χ2n) is 6.00. The number of carbonyl (C=O) groups is 1. The fourth-order valence-electron chi connectivity index (χ4n) is 2.74. The predicted octanol–water partition coefficient (Wildman–Crippen LogP) is 4.65. The molecule has 1 atom stereocenters. The lowest BCUT2D eigenvalue weighted by Crippen LogP contribution is -2.37. The van der Waals surface area contributed by atoms with E-state index >= 15 is 0 Å². The molecule has 1 aromatic heterocycles. The second kappa shape index (κ2) is 8.54. The summed E-state index contributed by atoms with van der Waals surface area (Å²) in [7, 11) is 1.63. The van der Waals surface area contributed by atoms with Crippen molar-refractivity contribution in [2.45, 2.75) is 19.5 Å². The summed E-state index contributed by atoms with van der Waals surface area (Å²) in [6, 6.07) is 19.5. The van der Waals surface area contributed by atoms with E-state index in [0.29, 0.717) is 6.54 Å². The van der Waals surface area contributed by atoms with Crippen molar-refractivity contribution in [2.24, 2.45) is 0 Å². The Balaban J connectivity index is 1.70. The molecule has 4 nitrogen and oxygen atoms in total. The summed E-state index contributed by atoms with van der Waals surface area (Å²) < 4.78 is 5.33.